The number of hydrogen-bond donors (Lipinski definition) is 1. The van der Waals surface area contributed by atoms with Crippen molar-refractivity contribution in [3.63, 3.8) is 0 Å². The smallest absolute Gasteiger partial charge is 0.224 e. The van der Waals surface area contributed by atoms with Gasteiger partial charge < -0.3 is 5.32 Å². The molecule has 0 radical (unpaired) electrons. The third kappa shape index (κ3) is 2.70. The summed E-state index contributed by atoms with van der Waals surface area (Å²) in [6, 6.07) is 11.9. The van der Waals surface area contributed by atoms with Gasteiger partial charge in [0.05, 0.1) is 6.04 Å². The van der Waals surface area contributed by atoms with E-state index in [2.05, 4.69) is 34.3 Å². The van der Waals surface area contributed by atoms with Crippen LogP contribution in [0.25, 0.3) is 0 Å². The molecule has 0 saturated heterocycles. The van der Waals surface area contributed by atoms with E-state index in [4.69, 9.17) is 11.6 Å². The summed E-state index contributed by atoms with van der Waals surface area (Å²) in [6.45, 7) is 2.06. The third-order valence-electron chi connectivity index (χ3n) is 2.27. The van der Waals surface area contributed by atoms with Gasteiger partial charge in [-0.2, -0.15) is 0 Å². The minimum Gasteiger partial charge on any atom is -0.348 e. The number of aromatic nitrogens is 2. The monoisotopic (exact) mass is 233 g/mol. The van der Waals surface area contributed by atoms with Crippen molar-refractivity contribution in [2.75, 3.05) is 5.32 Å². The Morgan fingerprint density at radius 1 is 1.19 bits per heavy atom. The van der Waals surface area contributed by atoms with Gasteiger partial charge >= 0.3 is 0 Å². The molecule has 4 heteroatoms. The normalized spacial score (nSPS) is 12.1. The van der Waals surface area contributed by atoms with E-state index < -0.39 is 0 Å². The fourth-order valence-electron chi connectivity index (χ4n) is 1.42. The van der Waals surface area contributed by atoms with E-state index in [0.717, 1.165) is 0 Å². The van der Waals surface area contributed by atoms with Crippen LogP contribution in [0.1, 0.15) is 18.5 Å². The highest BCUT2D eigenvalue weighted by molar-refractivity contribution is 6.29. The van der Waals surface area contributed by atoms with Gasteiger partial charge in [-0.1, -0.05) is 41.9 Å². The molecule has 0 saturated carbocycles. The van der Waals surface area contributed by atoms with Crippen LogP contribution in [-0.2, 0) is 0 Å². The quantitative estimate of drug-likeness (QED) is 0.827. The van der Waals surface area contributed by atoms with Crippen LogP contribution in [-0.4, -0.2) is 9.97 Å². The Balaban J connectivity index is 2.11. The van der Waals surface area contributed by atoms with Gasteiger partial charge in [-0.25, -0.2) is 9.97 Å². The Labute approximate surface area is 99.5 Å². The molecule has 0 fully saturated rings. The molecule has 1 aromatic heterocycles. The maximum absolute atomic E-state index is 5.78. The molecular formula is C12H12ClN3. The molecule has 3 nitrogen and oxygen atoms in total. The first-order chi connectivity index (χ1) is 7.75. The Morgan fingerprint density at radius 3 is 2.62 bits per heavy atom. The Hall–Kier alpha value is -1.61. The van der Waals surface area contributed by atoms with Crippen molar-refractivity contribution in [2.24, 2.45) is 0 Å². The molecule has 1 heterocycles. The number of halogens is 1. The van der Waals surface area contributed by atoms with Crippen molar-refractivity contribution < 1.29 is 0 Å². The lowest BCUT2D eigenvalue weighted by Gasteiger charge is -2.13. The molecule has 2 aromatic rings. The summed E-state index contributed by atoms with van der Waals surface area (Å²) >= 11 is 5.78. The third-order valence-corrected chi connectivity index (χ3v) is 2.48. The lowest BCUT2D eigenvalue weighted by molar-refractivity contribution is 0.860. The Morgan fingerprint density at radius 2 is 1.94 bits per heavy atom. The van der Waals surface area contributed by atoms with E-state index >= 15 is 0 Å². The van der Waals surface area contributed by atoms with E-state index in [1.165, 1.54) is 5.56 Å². The molecule has 2 rings (SSSR count). The van der Waals surface area contributed by atoms with Crippen molar-refractivity contribution in [3.05, 3.63) is 53.3 Å². The van der Waals surface area contributed by atoms with Gasteiger partial charge in [0, 0.05) is 6.20 Å². The molecule has 0 aliphatic heterocycles. The summed E-state index contributed by atoms with van der Waals surface area (Å²) in [5, 5.41) is 3.63. The van der Waals surface area contributed by atoms with Crippen LogP contribution in [0.2, 0.25) is 5.15 Å². The first-order valence-electron chi connectivity index (χ1n) is 5.06. The molecular weight excluding hydrogens is 222 g/mol. The molecule has 82 valence electrons. The van der Waals surface area contributed by atoms with Crippen molar-refractivity contribution in [1.82, 2.24) is 9.97 Å². The first-order valence-corrected chi connectivity index (χ1v) is 5.43. The van der Waals surface area contributed by atoms with Crippen LogP contribution in [0.15, 0.2) is 42.6 Å². The molecule has 0 unspecified atom stereocenters. The number of anilines is 1. The summed E-state index contributed by atoms with van der Waals surface area (Å²) in [4.78, 5) is 8.18. The van der Waals surface area contributed by atoms with E-state index in [9.17, 15) is 0 Å². The summed E-state index contributed by atoms with van der Waals surface area (Å²) in [6.07, 6.45) is 1.63. The Kier molecular flexibility index (Phi) is 3.37. The predicted octanol–water partition coefficient (Wildman–Crippen LogP) is 3.30. The number of hydrogen-bond acceptors (Lipinski definition) is 3. The molecule has 1 N–H and O–H groups in total. The van der Waals surface area contributed by atoms with Gasteiger partial charge in [-0.15, -0.1) is 0 Å². The summed E-state index contributed by atoms with van der Waals surface area (Å²) in [5.41, 5.74) is 1.19. The van der Waals surface area contributed by atoms with Crippen molar-refractivity contribution >= 4 is 17.5 Å². The van der Waals surface area contributed by atoms with Gasteiger partial charge in [0.2, 0.25) is 5.95 Å². The minimum absolute atomic E-state index is 0.152. The zero-order valence-electron chi connectivity index (χ0n) is 8.89. The van der Waals surface area contributed by atoms with Gasteiger partial charge in [0.25, 0.3) is 0 Å². The van der Waals surface area contributed by atoms with E-state index in [1.54, 1.807) is 12.3 Å². The SMILES string of the molecule is C[C@H](Nc1nccc(Cl)n1)c1ccccc1. The van der Waals surface area contributed by atoms with Crippen LogP contribution in [0.4, 0.5) is 5.95 Å². The van der Waals surface area contributed by atoms with Gasteiger partial charge in [-0.3, -0.25) is 0 Å². The maximum Gasteiger partial charge on any atom is 0.224 e. The molecule has 16 heavy (non-hydrogen) atoms. The standard InChI is InChI=1S/C12H12ClN3/c1-9(10-5-3-2-4-6-10)15-12-14-8-7-11(13)16-12/h2-9H,1H3,(H,14,15,16)/t9-/m0/s1. The van der Waals surface area contributed by atoms with Crippen LogP contribution < -0.4 is 5.32 Å². The highest BCUT2D eigenvalue weighted by Gasteiger charge is 2.05. The fourth-order valence-corrected chi connectivity index (χ4v) is 1.56. The maximum atomic E-state index is 5.78. The molecule has 0 bridgehead atoms. The van der Waals surface area contributed by atoms with Crippen LogP contribution in [0.3, 0.4) is 0 Å². The average Bonchev–Trinajstić information content (AvgIpc) is 2.30. The van der Waals surface area contributed by atoms with E-state index in [-0.39, 0.29) is 6.04 Å². The number of nitrogens with zero attached hydrogens (tertiary/aromatic N) is 2. The Bertz CT molecular complexity index is 459. The van der Waals surface area contributed by atoms with Gasteiger partial charge in [0.1, 0.15) is 5.15 Å². The minimum atomic E-state index is 0.152. The highest BCUT2D eigenvalue weighted by Crippen LogP contribution is 2.16. The molecule has 1 atom stereocenters. The topological polar surface area (TPSA) is 37.8 Å². The first kappa shape index (κ1) is 10.9. The van der Waals surface area contributed by atoms with Crippen molar-refractivity contribution in [1.29, 1.82) is 0 Å². The fraction of sp³-hybridized carbons (Fsp3) is 0.167. The second kappa shape index (κ2) is 4.94. The number of benzene rings is 1. The number of rotatable bonds is 3. The summed E-state index contributed by atoms with van der Waals surface area (Å²) < 4.78 is 0. The lowest BCUT2D eigenvalue weighted by atomic mass is 10.1. The van der Waals surface area contributed by atoms with Crippen molar-refractivity contribution in [2.45, 2.75) is 13.0 Å². The lowest BCUT2D eigenvalue weighted by Crippen LogP contribution is -2.09. The predicted molar refractivity (Wildman–Crippen MR) is 65.5 cm³/mol. The van der Waals surface area contributed by atoms with Gasteiger partial charge in [0.15, 0.2) is 0 Å². The van der Waals surface area contributed by atoms with Crippen LogP contribution in [0, 0.1) is 0 Å². The zero-order valence-corrected chi connectivity index (χ0v) is 9.65. The average molecular weight is 234 g/mol. The zero-order chi connectivity index (χ0) is 11.4. The van der Waals surface area contributed by atoms with E-state index in [1.807, 2.05) is 18.2 Å². The molecule has 0 aliphatic rings. The summed E-state index contributed by atoms with van der Waals surface area (Å²) in [5.74, 6) is 0.545. The molecule has 0 aliphatic carbocycles. The largest absolute Gasteiger partial charge is 0.348 e. The van der Waals surface area contributed by atoms with Crippen molar-refractivity contribution in [3.8, 4) is 0 Å². The highest BCUT2D eigenvalue weighted by atomic mass is 35.5. The van der Waals surface area contributed by atoms with Gasteiger partial charge in [-0.05, 0) is 18.6 Å². The van der Waals surface area contributed by atoms with Crippen LogP contribution >= 0.6 is 11.6 Å². The van der Waals surface area contributed by atoms with E-state index in [0.29, 0.717) is 11.1 Å². The summed E-state index contributed by atoms with van der Waals surface area (Å²) in [7, 11) is 0. The van der Waals surface area contributed by atoms with Crippen LogP contribution in [0.5, 0.6) is 0 Å². The second-order valence-corrected chi connectivity index (χ2v) is 3.87. The number of nitrogens with one attached hydrogen (secondary N) is 1. The molecule has 0 spiro atoms. The second-order valence-electron chi connectivity index (χ2n) is 3.48. The molecule has 1 aromatic carbocycles. The molecule has 0 amide bonds.